The molecule has 0 atom stereocenters. The SMILES string of the molecule is COc1ccc(CCNc2nccc(Nc3ccccc3C(F)(F)F)n2)cc1. The van der Waals surface area contributed by atoms with E-state index < -0.39 is 11.7 Å². The van der Waals surface area contributed by atoms with E-state index in [2.05, 4.69) is 20.6 Å². The van der Waals surface area contributed by atoms with Crippen molar-refractivity contribution in [2.75, 3.05) is 24.3 Å². The first-order chi connectivity index (χ1) is 13.5. The van der Waals surface area contributed by atoms with Gasteiger partial charge in [0.15, 0.2) is 0 Å². The van der Waals surface area contributed by atoms with E-state index in [0.29, 0.717) is 12.5 Å². The molecule has 2 N–H and O–H groups in total. The molecular weight excluding hydrogens is 369 g/mol. The molecule has 0 radical (unpaired) electrons. The number of aromatic nitrogens is 2. The summed E-state index contributed by atoms with van der Waals surface area (Å²) in [6, 6.07) is 14.5. The van der Waals surface area contributed by atoms with Gasteiger partial charge in [0.05, 0.1) is 18.4 Å². The first-order valence-electron chi connectivity index (χ1n) is 8.59. The van der Waals surface area contributed by atoms with E-state index in [1.54, 1.807) is 7.11 Å². The van der Waals surface area contributed by atoms with E-state index >= 15 is 0 Å². The molecule has 0 fully saturated rings. The molecule has 0 aliphatic rings. The van der Waals surface area contributed by atoms with Gasteiger partial charge in [-0.2, -0.15) is 18.2 Å². The molecule has 8 heteroatoms. The highest BCUT2D eigenvalue weighted by Gasteiger charge is 2.33. The second-order valence-electron chi connectivity index (χ2n) is 5.96. The lowest BCUT2D eigenvalue weighted by molar-refractivity contribution is -0.136. The van der Waals surface area contributed by atoms with E-state index in [1.165, 1.54) is 30.5 Å². The Bertz CT molecular complexity index is 914. The molecular formula is C20H19F3N4O. The van der Waals surface area contributed by atoms with Gasteiger partial charge in [-0.3, -0.25) is 0 Å². The van der Waals surface area contributed by atoms with Crippen molar-refractivity contribution in [3.8, 4) is 5.75 Å². The number of alkyl halides is 3. The number of hydrogen-bond donors (Lipinski definition) is 2. The highest BCUT2D eigenvalue weighted by molar-refractivity contribution is 5.61. The molecule has 0 bridgehead atoms. The van der Waals surface area contributed by atoms with Crippen LogP contribution < -0.4 is 15.4 Å². The smallest absolute Gasteiger partial charge is 0.418 e. The zero-order valence-corrected chi connectivity index (χ0v) is 15.1. The lowest BCUT2D eigenvalue weighted by Gasteiger charge is -2.14. The van der Waals surface area contributed by atoms with Crippen LogP contribution >= 0.6 is 0 Å². The lowest BCUT2D eigenvalue weighted by atomic mass is 10.1. The van der Waals surface area contributed by atoms with Crippen molar-refractivity contribution in [2.24, 2.45) is 0 Å². The first-order valence-corrected chi connectivity index (χ1v) is 8.59. The molecule has 3 aromatic rings. The summed E-state index contributed by atoms with van der Waals surface area (Å²) in [5, 5.41) is 5.79. The Hall–Kier alpha value is -3.29. The average Bonchev–Trinajstić information content (AvgIpc) is 2.68. The van der Waals surface area contributed by atoms with Gasteiger partial charge in [0.2, 0.25) is 5.95 Å². The summed E-state index contributed by atoms with van der Waals surface area (Å²) >= 11 is 0. The fraction of sp³-hybridized carbons (Fsp3) is 0.200. The summed E-state index contributed by atoms with van der Waals surface area (Å²) in [6.07, 6.45) is -2.22. The van der Waals surface area contributed by atoms with E-state index in [1.807, 2.05) is 24.3 Å². The van der Waals surface area contributed by atoms with Crippen LogP contribution in [0.2, 0.25) is 0 Å². The average molecular weight is 388 g/mol. The largest absolute Gasteiger partial charge is 0.497 e. The van der Waals surface area contributed by atoms with Gasteiger partial charge in [-0.25, -0.2) is 4.98 Å². The summed E-state index contributed by atoms with van der Waals surface area (Å²) in [5.74, 6) is 1.40. The fourth-order valence-electron chi connectivity index (χ4n) is 2.60. The minimum absolute atomic E-state index is 0.0575. The molecule has 0 aliphatic heterocycles. The Morgan fingerprint density at radius 2 is 1.75 bits per heavy atom. The summed E-state index contributed by atoms with van der Waals surface area (Å²) < 4.78 is 44.5. The Morgan fingerprint density at radius 3 is 2.46 bits per heavy atom. The quantitative estimate of drug-likeness (QED) is 0.603. The standard InChI is InChI=1S/C20H19F3N4O/c1-28-15-8-6-14(7-9-15)10-12-24-19-25-13-11-18(27-19)26-17-5-3-2-4-16(17)20(21,22)23/h2-9,11,13H,10,12H2,1H3,(H2,24,25,26,27). The summed E-state index contributed by atoms with van der Waals surface area (Å²) in [7, 11) is 1.61. The minimum Gasteiger partial charge on any atom is -0.497 e. The summed E-state index contributed by atoms with van der Waals surface area (Å²) in [6.45, 7) is 0.578. The Balaban J connectivity index is 1.63. The second-order valence-corrected chi connectivity index (χ2v) is 5.96. The molecule has 0 saturated carbocycles. The van der Waals surface area contributed by atoms with Gasteiger partial charge in [-0.05, 0) is 42.3 Å². The number of benzene rings is 2. The third kappa shape index (κ3) is 5.12. The molecule has 3 rings (SSSR count). The second kappa shape index (κ2) is 8.60. The summed E-state index contributed by atoms with van der Waals surface area (Å²) in [5.41, 5.74) is 0.308. The zero-order valence-electron chi connectivity index (χ0n) is 15.1. The van der Waals surface area contributed by atoms with Crippen LogP contribution in [0, 0.1) is 0 Å². The molecule has 2 aromatic carbocycles. The maximum Gasteiger partial charge on any atom is 0.418 e. The van der Waals surface area contributed by atoms with E-state index in [-0.39, 0.29) is 11.5 Å². The number of hydrogen-bond acceptors (Lipinski definition) is 5. The Labute approximate surface area is 160 Å². The third-order valence-corrected chi connectivity index (χ3v) is 4.01. The monoisotopic (exact) mass is 388 g/mol. The number of methoxy groups -OCH3 is 1. The van der Waals surface area contributed by atoms with Gasteiger partial charge in [0.1, 0.15) is 11.6 Å². The Morgan fingerprint density at radius 1 is 1.00 bits per heavy atom. The van der Waals surface area contributed by atoms with Crippen molar-refractivity contribution >= 4 is 17.5 Å². The topological polar surface area (TPSA) is 59.1 Å². The predicted molar refractivity (Wildman–Crippen MR) is 102 cm³/mol. The van der Waals surface area contributed by atoms with Crippen molar-refractivity contribution in [1.82, 2.24) is 9.97 Å². The van der Waals surface area contributed by atoms with Gasteiger partial charge < -0.3 is 15.4 Å². The molecule has 0 amide bonds. The van der Waals surface area contributed by atoms with Gasteiger partial charge >= 0.3 is 6.18 Å². The van der Waals surface area contributed by atoms with Gasteiger partial charge in [0, 0.05) is 12.7 Å². The van der Waals surface area contributed by atoms with E-state index in [4.69, 9.17) is 4.74 Å². The van der Waals surface area contributed by atoms with Crippen molar-refractivity contribution in [3.63, 3.8) is 0 Å². The van der Waals surface area contributed by atoms with Gasteiger partial charge in [0.25, 0.3) is 0 Å². The number of rotatable bonds is 7. The van der Waals surface area contributed by atoms with Crippen LogP contribution in [0.5, 0.6) is 5.75 Å². The normalized spacial score (nSPS) is 11.1. The predicted octanol–water partition coefficient (Wildman–Crippen LogP) is 4.90. The number of para-hydroxylation sites is 1. The maximum absolute atomic E-state index is 13.1. The van der Waals surface area contributed by atoms with Crippen LogP contribution in [0.1, 0.15) is 11.1 Å². The molecule has 0 unspecified atom stereocenters. The highest BCUT2D eigenvalue weighted by Crippen LogP contribution is 2.35. The van der Waals surface area contributed by atoms with Gasteiger partial charge in [-0.15, -0.1) is 0 Å². The van der Waals surface area contributed by atoms with E-state index in [0.717, 1.165) is 23.8 Å². The summed E-state index contributed by atoms with van der Waals surface area (Å²) in [4.78, 5) is 8.34. The first kappa shape index (κ1) is 19.5. The maximum atomic E-state index is 13.1. The number of nitrogens with one attached hydrogen (secondary N) is 2. The van der Waals surface area contributed by atoms with Crippen LogP contribution in [0.3, 0.4) is 0 Å². The lowest BCUT2D eigenvalue weighted by Crippen LogP contribution is -2.11. The van der Waals surface area contributed by atoms with Crippen LogP contribution in [0.15, 0.2) is 60.8 Å². The molecule has 146 valence electrons. The number of anilines is 3. The Kier molecular flexibility index (Phi) is 5.98. The molecule has 1 aromatic heterocycles. The molecule has 0 aliphatic carbocycles. The van der Waals surface area contributed by atoms with Crippen LogP contribution in [-0.2, 0) is 12.6 Å². The fourth-order valence-corrected chi connectivity index (χ4v) is 2.60. The van der Waals surface area contributed by atoms with Crippen LogP contribution in [0.25, 0.3) is 0 Å². The molecule has 0 saturated heterocycles. The van der Waals surface area contributed by atoms with Crippen LogP contribution in [0.4, 0.5) is 30.6 Å². The van der Waals surface area contributed by atoms with E-state index in [9.17, 15) is 13.2 Å². The molecule has 28 heavy (non-hydrogen) atoms. The highest BCUT2D eigenvalue weighted by atomic mass is 19.4. The molecule has 0 spiro atoms. The third-order valence-electron chi connectivity index (χ3n) is 4.01. The number of ether oxygens (including phenoxy) is 1. The minimum atomic E-state index is -4.45. The molecule has 5 nitrogen and oxygen atoms in total. The zero-order chi connectivity index (χ0) is 20.0. The van der Waals surface area contributed by atoms with Crippen molar-refractivity contribution in [2.45, 2.75) is 12.6 Å². The van der Waals surface area contributed by atoms with Crippen molar-refractivity contribution < 1.29 is 17.9 Å². The van der Waals surface area contributed by atoms with Gasteiger partial charge in [-0.1, -0.05) is 24.3 Å². The van der Waals surface area contributed by atoms with Crippen LogP contribution in [-0.4, -0.2) is 23.6 Å². The number of nitrogens with zero attached hydrogens (tertiary/aromatic N) is 2. The number of halogens is 3. The van der Waals surface area contributed by atoms with Crippen molar-refractivity contribution in [1.29, 1.82) is 0 Å². The molecule has 1 heterocycles. The van der Waals surface area contributed by atoms with Crippen molar-refractivity contribution in [3.05, 3.63) is 71.9 Å².